The molecule has 2 heterocycles. The highest BCUT2D eigenvalue weighted by atomic mass is 16.2. The molecule has 0 saturated carbocycles. The van der Waals surface area contributed by atoms with Gasteiger partial charge in [0.25, 0.3) is 0 Å². The number of hydrogen-bond acceptors (Lipinski definition) is 5. The molecule has 0 aromatic carbocycles. The highest BCUT2D eigenvalue weighted by Crippen LogP contribution is 2.07. The van der Waals surface area contributed by atoms with Gasteiger partial charge in [-0.3, -0.25) is 9.59 Å². The van der Waals surface area contributed by atoms with Gasteiger partial charge in [-0.1, -0.05) is 0 Å². The van der Waals surface area contributed by atoms with Crippen molar-refractivity contribution in [2.75, 3.05) is 26.7 Å². The number of aliphatic hydroxyl groups excluding tert-OH is 1. The summed E-state index contributed by atoms with van der Waals surface area (Å²) in [6.07, 6.45) is 5.57. The highest BCUT2D eigenvalue weighted by Gasteiger charge is 2.17. The van der Waals surface area contributed by atoms with Crippen molar-refractivity contribution in [2.24, 2.45) is 17.4 Å². The number of piperidine rings is 1. The molecular formula is C13H26N4O3. The number of carbonyl (C=O) groups is 2. The zero-order valence-corrected chi connectivity index (χ0v) is 12.0. The van der Waals surface area contributed by atoms with Gasteiger partial charge in [0.05, 0.1) is 5.92 Å². The fraction of sp³-hybridized carbons (Fsp3) is 0.692. The topological polar surface area (TPSA) is 130 Å². The lowest BCUT2D eigenvalue weighted by Gasteiger charge is -2.18. The maximum Gasteiger partial charge on any atom is 0.246 e. The van der Waals surface area contributed by atoms with Crippen LogP contribution in [-0.2, 0) is 9.59 Å². The van der Waals surface area contributed by atoms with Gasteiger partial charge in [0.2, 0.25) is 11.8 Å². The minimum Gasteiger partial charge on any atom is -0.400 e. The van der Waals surface area contributed by atoms with Gasteiger partial charge in [-0.25, -0.2) is 0 Å². The number of nitrogens with two attached hydrogens (primary N) is 2. The molecule has 0 bridgehead atoms. The lowest BCUT2D eigenvalue weighted by molar-refractivity contribution is -0.122. The van der Waals surface area contributed by atoms with E-state index in [0.29, 0.717) is 5.57 Å². The molecule has 2 amide bonds. The van der Waals surface area contributed by atoms with Gasteiger partial charge in [0.1, 0.15) is 0 Å². The second-order valence-electron chi connectivity index (χ2n) is 4.54. The van der Waals surface area contributed by atoms with Crippen molar-refractivity contribution < 1.29 is 14.7 Å². The van der Waals surface area contributed by atoms with Crippen molar-refractivity contribution in [3.05, 3.63) is 11.8 Å². The molecule has 7 nitrogen and oxygen atoms in total. The maximum absolute atomic E-state index is 10.5. The molecule has 0 aromatic rings. The minimum atomic E-state index is -0.304. The summed E-state index contributed by atoms with van der Waals surface area (Å²) in [4.78, 5) is 21.0. The van der Waals surface area contributed by atoms with Crippen molar-refractivity contribution in [1.82, 2.24) is 10.6 Å². The fourth-order valence-corrected chi connectivity index (χ4v) is 1.94. The van der Waals surface area contributed by atoms with E-state index in [0.717, 1.165) is 52.4 Å². The van der Waals surface area contributed by atoms with E-state index in [1.807, 2.05) is 0 Å². The summed E-state index contributed by atoms with van der Waals surface area (Å²) in [6.45, 7) is 2.76. The Bertz CT molecular complexity index is 326. The van der Waals surface area contributed by atoms with E-state index >= 15 is 0 Å². The van der Waals surface area contributed by atoms with Crippen molar-refractivity contribution in [3.63, 3.8) is 0 Å². The Morgan fingerprint density at radius 3 is 2.25 bits per heavy atom. The first kappa shape index (κ1) is 18.4. The van der Waals surface area contributed by atoms with Crippen LogP contribution >= 0.6 is 0 Å². The van der Waals surface area contributed by atoms with E-state index in [1.165, 1.54) is 0 Å². The summed E-state index contributed by atoms with van der Waals surface area (Å²) in [5.74, 6) is -0.386. The normalized spacial score (nSPS) is 20.9. The lowest BCUT2D eigenvalue weighted by atomic mass is 9.99. The molecule has 0 radical (unpaired) electrons. The van der Waals surface area contributed by atoms with Crippen molar-refractivity contribution >= 4 is 11.8 Å². The van der Waals surface area contributed by atoms with Crippen LogP contribution in [0.5, 0.6) is 0 Å². The molecule has 2 aliphatic heterocycles. The number of primary amides is 2. The Kier molecular flexibility index (Phi) is 10.3. The number of amides is 2. The third-order valence-corrected chi connectivity index (χ3v) is 3.06. The van der Waals surface area contributed by atoms with Gasteiger partial charge < -0.3 is 27.2 Å². The predicted octanol–water partition coefficient (Wildman–Crippen LogP) is -1.18. The lowest BCUT2D eigenvalue weighted by Crippen LogP contribution is -2.37. The third kappa shape index (κ3) is 7.75. The Hall–Kier alpha value is -1.60. The first-order chi connectivity index (χ1) is 9.61. The summed E-state index contributed by atoms with van der Waals surface area (Å²) >= 11 is 0. The van der Waals surface area contributed by atoms with Gasteiger partial charge in [0.15, 0.2) is 0 Å². The minimum absolute atomic E-state index is 0.0822. The second kappa shape index (κ2) is 11.2. The number of rotatable bonds is 2. The monoisotopic (exact) mass is 286 g/mol. The first-order valence-corrected chi connectivity index (χ1v) is 6.78. The van der Waals surface area contributed by atoms with Crippen LogP contribution in [0.25, 0.3) is 0 Å². The predicted molar refractivity (Wildman–Crippen MR) is 77.4 cm³/mol. The molecule has 0 spiro atoms. The summed E-state index contributed by atoms with van der Waals surface area (Å²) in [6, 6.07) is 0. The van der Waals surface area contributed by atoms with Crippen molar-refractivity contribution in [1.29, 1.82) is 0 Å². The molecule has 7 heteroatoms. The van der Waals surface area contributed by atoms with Gasteiger partial charge in [-0.15, -0.1) is 0 Å². The number of hydrogen-bond donors (Lipinski definition) is 5. The molecule has 2 rings (SSSR count). The fourth-order valence-electron chi connectivity index (χ4n) is 1.94. The van der Waals surface area contributed by atoms with Crippen LogP contribution in [0.3, 0.4) is 0 Å². The summed E-state index contributed by atoms with van der Waals surface area (Å²) < 4.78 is 0. The highest BCUT2D eigenvalue weighted by molar-refractivity contribution is 5.91. The van der Waals surface area contributed by atoms with E-state index in [4.69, 9.17) is 16.6 Å². The number of carbonyl (C=O) groups excluding carboxylic acids is 2. The molecule has 7 N–H and O–H groups in total. The van der Waals surface area contributed by atoms with Gasteiger partial charge in [-0.2, -0.15) is 0 Å². The summed E-state index contributed by atoms with van der Waals surface area (Å²) in [5, 5.41) is 13.1. The number of aliphatic hydroxyl groups is 1. The van der Waals surface area contributed by atoms with E-state index in [1.54, 1.807) is 6.20 Å². The third-order valence-electron chi connectivity index (χ3n) is 3.06. The molecule has 1 atom stereocenters. The zero-order valence-electron chi connectivity index (χ0n) is 12.0. The standard InChI is InChI=1S/C6H12N2O.C6H10N2O.CH4O/c2*7-6(9)5-2-1-3-8-4-5;1-2/h5,8H,1-4H2,(H2,7,9);4,8H,1-3H2,(H2,7,9);2H,1H3/t5-;;/m1../s1. The van der Waals surface area contributed by atoms with Crippen molar-refractivity contribution in [2.45, 2.75) is 25.7 Å². The molecule has 0 aliphatic carbocycles. The Morgan fingerprint density at radius 1 is 1.25 bits per heavy atom. The van der Waals surface area contributed by atoms with Gasteiger partial charge in [-0.05, 0) is 32.2 Å². The zero-order chi connectivity index (χ0) is 15.4. The molecule has 2 aliphatic rings. The second-order valence-corrected chi connectivity index (χ2v) is 4.54. The van der Waals surface area contributed by atoms with Gasteiger partial charge in [0, 0.05) is 32.0 Å². The molecule has 116 valence electrons. The first-order valence-electron chi connectivity index (χ1n) is 6.78. The molecule has 1 fully saturated rings. The van der Waals surface area contributed by atoms with Crippen LogP contribution < -0.4 is 22.1 Å². The van der Waals surface area contributed by atoms with Crippen LogP contribution in [0, 0.1) is 5.92 Å². The summed E-state index contributed by atoms with van der Waals surface area (Å²) in [7, 11) is 1.00. The van der Waals surface area contributed by atoms with Crippen LogP contribution in [0.15, 0.2) is 11.8 Å². The summed E-state index contributed by atoms with van der Waals surface area (Å²) in [5.41, 5.74) is 10.8. The average molecular weight is 286 g/mol. The van der Waals surface area contributed by atoms with Crippen LogP contribution in [-0.4, -0.2) is 43.7 Å². The smallest absolute Gasteiger partial charge is 0.246 e. The van der Waals surface area contributed by atoms with Crippen molar-refractivity contribution in [3.8, 4) is 0 Å². The van der Waals surface area contributed by atoms with E-state index in [-0.39, 0.29) is 17.7 Å². The molecule has 20 heavy (non-hydrogen) atoms. The Morgan fingerprint density at radius 2 is 1.95 bits per heavy atom. The van der Waals surface area contributed by atoms with E-state index in [2.05, 4.69) is 10.6 Å². The Balaban J connectivity index is 0.000000321. The maximum atomic E-state index is 10.5. The van der Waals surface area contributed by atoms with Gasteiger partial charge >= 0.3 is 0 Å². The largest absolute Gasteiger partial charge is 0.400 e. The van der Waals surface area contributed by atoms with Crippen LogP contribution in [0.1, 0.15) is 25.7 Å². The molecular weight excluding hydrogens is 260 g/mol. The molecule has 1 saturated heterocycles. The number of nitrogens with one attached hydrogen (secondary N) is 2. The SMILES string of the molecule is CO.NC(=O)C1=CNCCC1.NC(=O)[C@@H]1CCCNC1. The van der Waals surface area contributed by atoms with E-state index < -0.39 is 0 Å². The van der Waals surface area contributed by atoms with Crippen LogP contribution in [0.2, 0.25) is 0 Å². The Labute approximate surface area is 119 Å². The quantitative estimate of drug-likeness (QED) is 0.436. The average Bonchev–Trinajstić information content (AvgIpc) is 2.51. The molecule has 0 aromatic heterocycles. The van der Waals surface area contributed by atoms with E-state index in [9.17, 15) is 9.59 Å². The molecule has 0 unspecified atom stereocenters. The van der Waals surface area contributed by atoms with Crippen LogP contribution in [0.4, 0.5) is 0 Å².